The fraction of sp³-hybridized carbons (Fsp3) is 0.364. The Kier molecular flexibility index (Phi) is 6.91. The maximum Gasteiger partial charge on any atom is 0.417 e. The van der Waals surface area contributed by atoms with Crippen LogP contribution in [0.4, 0.5) is 13.2 Å². The number of hydrogen-bond acceptors (Lipinski definition) is 7. The first-order valence-electron chi connectivity index (χ1n) is 10.6. The number of piperazine rings is 1. The largest absolute Gasteiger partial charge is 0.493 e. The summed E-state index contributed by atoms with van der Waals surface area (Å²) in [5, 5.41) is 4.02. The van der Waals surface area contributed by atoms with Crippen molar-refractivity contribution in [3.8, 4) is 17.1 Å². The number of benzene rings is 2. The Morgan fingerprint density at radius 3 is 2.41 bits per heavy atom. The molecular formula is C22H23F3N4O4S. The molecule has 182 valence electrons. The molecule has 0 aliphatic carbocycles. The van der Waals surface area contributed by atoms with E-state index in [1.807, 2.05) is 36.1 Å². The molecule has 0 unspecified atom stereocenters. The maximum absolute atomic E-state index is 13.3. The first kappa shape index (κ1) is 24.2. The molecule has 2 heterocycles. The summed E-state index contributed by atoms with van der Waals surface area (Å²) < 4.78 is 77.8. The summed E-state index contributed by atoms with van der Waals surface area (Å²) in [6, 6.07) is 11.5. The third-order valence-electron chi connectivity index (χ3n) is 5.40. The van der Waals surface area contributed by atoms with Gasteiger partial charge >= 0.3 is 6.18 Å². The van der Waals surface area contributed by atoms with Gasteiger partial charge in [0.15, 0.2) is 0 Å². The molecule has 12 heteroatoms. The van der Waals surface area contributed by atoms with Crippen molar-refractivity contribution in [3.63, 3.8) is 0 Å². The molecule has 4 rings (SSSR count). The second-order valence-electron chi connectivity index (χ2n) is 7.62. The Hall–Kier alpha value is -2.96. The number of sulfonamides is 1. The molecule has 0 radical (unpaired) electrons. The van der Waals surface area contributed by atoms with E-state index < -0.39 is 26.7 Å². The highest BCUT2D eigenvalue weighted by molar-refractivity contribution is 7.89. The summed E-state index contributed by atoms with van der Waals surface area (Å²) >= 11 is 0. The number of ether oxygens (including phenoxy) is 1. The molecule has 1 aliphatic heterocycles. The third kappa shape index (κ3) is 5.08. The Labute approximate surface area is 195 Å². The second kappa shape index (κ2) is 9.72. The van der Waals surface area contributed by atoms with Crippen LogP contribution in [0.15, 0.2) is 57.9 Å². The summed E-state index contributed by atoms with van der Waals surface area (Å²) in [5.74, 6) is 1.36. The predicted molar refractivity (Wildman–Crippen MR) is 116 cm³/mol. The van der Waals surface area contributed by atoms with Crippen LogP contribution < -0.4 is 4.74 Å². The van der Waals surface area contributed by atoms with E-state index in [4.69, 9.17) is 9.26 Å². The van der Waals surface area contributed by atoms with Gasteiger partial charge in [-0.15, -0.1) is 0 Å². The average Bonchev–Trinajstić information content (AvgIpc) is 3.28. The van der Waals surface area contributed by atoms with Crippen LogP contribution in [0, 0.1) is 0 Å². The van der Waals surface area contributed by atoms with E-state index >= 15 is 0 Å². The van der Waals surface area contributed by atoms with Gasteiger partial charge in [-0.2, -0.15) is 22.5 Å². The van der Waals surface area contributed by atoms with Crippen LogP contribution in [0.5, 0.6) is 5.75 Å². The third-order valence-corrected chi connectivity index (χ3v) is 7.35. The quantitative estimate of drug-likeness (QED) is 0.493. The zero-order chi connectivity index (χ0) is 24.3. The smallest absolute Gasteiger partial charge is 0.417 e. The van der Waals surface area contributed by atoms with Crippen LogP contribution in [0.1, 0.15) is 18.4 Å². The number of para-hydroxylation sites is 1. The fourth-order valence-corrected chi connectivity index (χ4v) is 5.38. The molecule has 8 nitrogen and oxygen atoms in total. The van der Waals surface area contributed by atoms with Gasteiger partial charge in [0.25, 0.3) is 0 Å². The summed E-state index contributed by atoms with van der Waals surface area (Å²) in [6.07, 6.45) is -4.76. The lowest BCUT2D eigenvalue weighted by molar-refractivity contribution is -0.139. The lowest BCUT2D eigenvalue weighted by Gasteiger charge is -2.33. The number of nitrogens with zero attached hydrogens (tertiary/aromatic N) is 4. The summed E-state index contributed by atoms with van der Waals surface area (Å²) in [7, 11) is -4.29. The van der Waals surface area contributed by atoms with Crippen LogP contribution in [0.25, 0.3) is 11.4 Å². The lowest BCUT2D eigenvalue weighted by atomic mass is 10.2. The number of aromatic nitrogens is 2. The molecule has 1 fully saturated rings. The van der Waals surface area contributed by atoms with Crippen molar-refractivity contribution in [1.29, 1.82) is 0 Å². The van der Waals surface area contributed by atoms with Crippen molar-refractivity contribution >= 4 is 10.0 Å². The van der Waals surface area contributed by atoms with Crippen molar-refractivity contribution in [2.45, 2.75) is 24.5 Å². The van der Waals surface area contributed by atoms with E-state index in [2.05, 4.69) is 10.1 Å². The van der Waals surface area contributed by atoms with Crippen molar-refractivity contribution in [3.05, 3.63) is 60.0 Å². The maximum atomic E-state index is 13.3. The van der Waals surface area contributed by atoms with E-state index in [1.54, 1.807) is 0 Å². The predicted octanol–water partition coefficient (Wildman–Crippen LogP) is 3.66. The molecule has 1 aliphatic rings. The lowest BCUT2D eigenvalue weighted by Crippen LogP contribution is -2.48. The van der Waals surface area contributed by atoms with Gasteiger partial charge in [0, 0.05) is 26.2 Å². The van der Waals surface area contributed by atoms with E-state index in [0.717, 1.165) is 16.4 Å². The molecule has 34 heavy (non-hydrogen) atoms. The number of hydrogen-bond donors (Lipinski definition) is 0. The fourth-order valence-electron chi connectivity index (χ4n) is 3.75. The highest BCUT2D eigenvalue weighted by atomic mass is 32.2. The van der Waals surface area contributed by atoms with Crippen LogP contribution in [0.2, 0.25) is 0 Å². The summed E-state index contributed by atoms with van der Waals surface area (Å²) in [5.41, 5.74) is -0.471. The second-order valence-corrected chi connectivity index (χ2v) is 9.52. The zero-order valence-electron chi connectivity index (χ0n) is 18.3. The van der Waals surface area contributed by atoms with E-state index in [-0.39, 0.29) is 19.6 Å². The molecule has 0 bridgehead atoms. The molecule has 1 saturated heterocycles. The highest BCUT2D eigenvalue weighted by Crippen LogP contribution is 2.35. The van der Waals surface area contributed by atoms with Gasteiger partial charge in [0.2, 0.25) is 21.7 Å². The zero-order valence-corrected chi connectivity index (χ0v) is 19.1. The average molecular weight is 497 g/mol. The Morgan fingerprint density at radius 1 is 1.03 bits per heavy atom. The monoisotopic (exact) mass is 496 g/mol. The molecule has 0 amide bonds. The first-order chi connectivity index (χ1) is 16.2. The standard InChI is InChI=1S/C22H23F3N4O4S/c1-2-32-18-9-5-3-7-16(18)21-26-20(33-27-21)15-28-11-13-29(14-12-28)34(30,31)19-10-6-4-8-17(19)22(23,24)25/h3-10H,2,11-15H2,1H3. The molecule has 0 saturated carbocycles. The summed E-state index contributed by atoms with van der Waals surface area (Å²) in [4.78, 5) is 5.59. The topological polar surface area (TPSA) is 88.8 Å². The van der Waals surface area contributed by atoms with Crippen molar-refractivity contribution in [2.24, 2.45) is 0 Å². The van der Waals surface area contributed by atoms with Crippen molar-refractivity contribution in [1.82, 2.24) is 19.3 Å². The molecule has 2 aromatic carbocycles. The number of rotatable bonds is 7. The summed E-state index contributed by atoms with van der Waals surface area (Å²) in [6.45, 7) is 3.35. The Balaban J connectivity index is 1.42. The van der Waals surface area contributed by atoms with Gasteiger partial charge < -0.3 is 9.26 Å². The number of alkyl halides is 3. The van der Waals surface area contributed by atoms with Crippen LogP contribution in [-0.4, -0.2) is 60.5 Å². The molecule has 0 atom stereocenters. The minimum atomic E-state index is -4.76. The van der Waals surface area contributed by atoms with E-state index in [1.165, 1.54) is 12.1 Å². The molecule has 1 aromatic heterocycles. The van der Waals surface area contributed by atoms with Crippen LogP contribution in [0.3, 0.4) is 0 Å². The minimum Gasteiger partial charge on any atom is -0.493 e. The van der Waals surface area contributed by atoms with Crippen molar-refractivity contribution < 1.29 is 30.8 Å². The first-order valence-corrected chi connectivity index (χ1v) is 12.1. The van der Waals surface area contributed by atoms with E-state index in [9.17, 15) is 21.6 Å². The van der Waals surface area contributed by atoms with Crippen molar-refractivity contribution in [2.75, 3.05) is 32.8 Å². The van der Waals surface area contributed by atoms with Gasteiger partial charge in [0.05, 0.1) is 29.2 Å². The van der Waals surface area contributed by atoms with Gasteiger partial charge in [-0.1, -0.05) is 29.4 Å². The highest BCUT2D eigenvalue weighted by Gasteiger charge is 2.39. The van der Waals surface area contributed by atoms with E-state index in [0.29, 0.717) is 42.7 Å². The normalized spacial score (nSPS) is 16.0. The van der Waals surface area contributed by atoms with Gasteiger partial charge in [0.1, 0.15) is 5.75 Å². The van der Waals surface area contributed by atoms with Crippen LogP contribution in [-0.2, 0) is 22.7 Å². The number of halogens is 3. The van der Waals surface area contributed by atoms with Gasteiger partial charge in [-0.3, -0.25) is 4.90 Å². The van der Waals surface area contributed by atoms with Gasteiger partial charge in [-0.25, -0.2) is 8.42 Å². The minimum absolute atomic E-state index is 0.0443. The Morgan fingerprint density at radius 2 is 1.71 bits per heavy atom. The Bertz CT molecular complexity index is 1240. The molecular weight excluding hydrogens is 473 g/mol. The van der Waals surface area contributed by atoms with Gasteiger partial charge in [-0.05, 0) is 31.2 Å². The molecule has 3 aromatic rings. The molecule has 0 spiro atoms. The van der Waals surface area contributed by atoms with Crippen LogP contribution >= 0.6 is 0 Å². The SMILES string of the molecule is CCOc1ccccc1-c1noc(CN2CCN(S(=O)(=O)c3ccccc3C(F)(F)F)CC2)n1. The molecule has 0 N–H and O–H groups in total.